The van der Waals surface area contributed by atoms with Gasteiger partial charge in [0.15, 0.2) is 0 Å². The van der Waals surface area contributed by atoms with Crippen molar-refractivity contribution in [3.05, 3.63) is 36.5 Å². The lowest BCUT2D eigenvalue weighted by atomic mass is 10.0. The monoisotopic (exact) mass is 970 g/mol. The van der Waals surface area contributed by atoms with Gasteiger partial charge in [0.2, 0.25) is 5.91 Å². The van der Waals surface area contributed by atoms with Gasteiger partial charge in [-0.15, -0.1) is 0 Å². The summed E-state index contributed by atoms with van der Waals surface area (Å²) in [6.45, 7) is 4.86. The molecule has 0 spiro atoms. The number of nitrogens with one attached hydrogen (secondary N) is 1. The van der Waals surface area contributed by atoms with Crippen LogP contribution in [0, 0.1) is 0 Å². The first-order valence-electron chi connectivity index (χ1n) is 30.7. The number of amides is 1. The lowest BCUT2D eigenvalue weighted by molar-refractivity contribution is -0.143. The Hall–Kier alpha value is -1.92. The minimum atomic E-state index is -0.689. The molecule has 0 aliphatic carbocycles. The van der Waals surface area contributed by atoms with Crippen molar-refractivity contribution in [1.29, 1.82) is 0 Å². The first-order chi connectivity index (χ1) is 34.0. The van der Waals surface area contributed by atoms with E-state index in [0.29, 0.717) is 25.9 Å². The second kappa shape index (κ2) is 58.6. The molecule has 0 heterocycles. The van der Waals surface area contributed by atoms with E-state index in [9.17, 15) is 19.8 Å². The maximum atomic E-state index is 12.5. The number of esters is 1. The van der Waals surface area contributed by atoms with Gasteiger partial charge < -0.3 is 20.3 Å². The first-order valence-corrected chi connectivity index (χ1v) is 30.7. The Kier molecular flexibility index (Phi) is 57.0. The molecular weight excluding hydrogens is 851 g/mol. The van der Waals surface area contributed by atoms with E-state index >= 15 is 0 Å². The van der Waals surface area contributed by atoms with E-state index in [1.54, 1.807) is 0 Å². The molecule has 0 radical (unpaired) electrons. The number of aliphatic hydroxyl groups excluding tert-OH is 2. The highest BCUT2D eigenvalue weighted by molar-refractivity contribution is 5.76. The van der Waals surface area contributed by atoms with Crippen LogP contribution in [0.15, 0.2) is 36.5 Å². The summed E-state index contributed by atoms with van der Waals surface area (Å²) in [5.41, 5.74) is 0. The third-order valence-corrected chi connectivity index (χ3v) is 14.2. The molecule has 0 aromatic heterocycles. The van der Waals surface area contributed by atoms with Crippen molar-refractivity contribution in [2.45, 2.75) is 341 Å². The van der Waals surface area contributed by atoms with Crippen molar-refractivity contribution in [1.82, 2.24) is 5.32 Å². The average Bonchev–Trinajstić information content (AvgIpc) is 3.35. The van der Waals surface area contributed by atoms with Gasteiger partial charge in [-0.3, -0.25) is 9.59 Å². The summed E-state index contributed by atoms with van der Waals surface area (Å²) in [6, 6.07) is -0.570. The standard InChI is InChI=1S/C63H119NO5/c1-3-5-7-9-11-13-15-17-19-21-22-23-24-25-26-27-28-30-31-33-35-39-43-47-51-55-61(66)60(59-65)64-62(67)56-52-48-44-40-37-38-42-46-50-54-58-69-63(68)57-53-49-45-41-36-34-32-29-20-18-16-14-12-10-8-6-4-2/h12,14,18,20,38,42,60-61,65-66H,3-11,13,15-17,19,21-37,39-41,43-59H2,1-2H3,(H,64,67)/b14-12-,20-18-,42-38-. The van der Waals surface area contributed by atoms with Crippen LogP contribution in [0.5, 0.6) is 0 Å². The molecule has 3 N–H and O–H groups in total. The summed E-state index contributed by atoms with van der Waals surface area (Å²) in [6.07, 6.45) is 72.9. The average molecular weight is 971 g/mol. The van der Waals surface area contributed by atoms with Gasteiger partial charge in [-0.2, -0.15) is 0 Å². The Morgan fingerprint density at radius 3 is 1.14 bits per heavy atom. The predicted molar refractivity (Wildman–Crippen MR) is 301 cm³/mol. The van der Waals surface area contributed by atoms with Gasteiger partial charge >= 0.3 is 5.97 Å². The van der Waals surface area contributed by atoms with Gasteiger partial charge in [0.25, 0.3) is 0 Å². The third kappa shape index (κ3) is 55.2. The van der Waals surface area contributed by atoms with Crippen LogP contribution in [0.1, 0.15) is 328 Å². The molecule has 2 unspecified atom stereocenters. The molecule has 6 heteroatoms. The number of ether oxygens (including phenoxy) is 1. The van der Waals surface area contributed by atoms with Crippen LogP contribution in [-0.4, -0.2) is 47.4 Å². The highest BCUT2D eigenvalue weighted by Gasteiger charge is 2.20. The molecule has 0 fully saturated rings. The molecule has 0 aliphatic rings. The first kappa shape index (κ1) is 67.1. The van der Waals surface area contributed by atoms with E-state index in [0.717, 1.165) is 83.5 Å². The van der Waals surface area contributed by atoms with E-state index in [-0.39, 0.29) is 18.5 Å². The Labute approximate surface area is 430 Å². The van der Waals surface area contributed by atoms with Crippen LogP contribution in [0.3, 0.4) is 0 Å². The third-order valence-electron chi connectivity index (χ3n) is 14.2. The molecule has 406 valence electrons. The molecule has 0 aromatic carbocycles. The van der Waals surface area contributed by atoms with Crippen LogP contribution in [0.25, 0.3) is 0 Å². The fraction of sp³-hybridized carbons (Fsp3) is 0.873. The number of rotatable bonds is 57. The van der Waals surface area contributed by atoms with Crippen molar-refractivity contribution in [2.75, 3.05) is 13.2 Å². The maximum Gasteiger partial charge on any atom is 0.305 e. The lowest BCUT2D eigenvalue weighted by Crippen LogP contribution is -2.45. The number of carbonyl (C=O) groups excluding carboxylic acids is 2. The quantitative estimate of drug-likeness (QED) is 0.0321. The highest BCUT2D eigenvalue weighted by Crippen LogP contribution is 2.18. The van der Waals surface area contributed by atoms with Gasteiger partial charge in [-0.1, -0.05) is 269 Å². The predicted octanol–water partition coefficient (Wildman–Crippen LogP) is 19.2. The van der Waals surface area contributed by atoms with Crippen molar-refractivity contribution in [3.8, 4) is 0 Å². The molecular formula is C63H119NO5. The van der Waals surface area contributed by atoms with Crippen molar-refractivity contribution >= 4 is 11.9 Å². The van der Waals surface area contributed by atoms with Crippen LogP contribution >= 0.6 is 0 Å². The number of hydrogen-bond acceptors (Lipinski definition) is 5. The van der Waals surface area contributed by atoms with Gasteiger partial charge in [-0.05, 0) is 83.5 Å². The fourth-order valence-corrected chi connectivity index (χ4v) is 9.43. The molecule has 0 aromatic rings. The molecule has 0 aliphatic heterocycles. The zero-order valence-corrected chi connectivity index (χ0v) is 46.3. The number of allylic oxidation sites excluding steroid dienone is 6. The van der Waals surface area contributed by atoms with Crippen LogP contribution in [0.2, 0.25) is 0 Å². The SMILES string of the molecule is CCCCC/C=C\C/C=C\CCCCCCCCCC(=O)OCCCC/C=C\CCCCCCC(=O)NC(CO)C(O)CCCCCCCCCCCCCCCCCCCCCCCCCCC. The maximum absolute atomic E-state index is 12.5. The number of aliphatic hydroxyl groups is 2. The minimum Gasteiger partial charge on any atom is -0.466 e. The topological polar surface area (TPSA) is 95.9 Å². The largest absolute Gasteiger partial charge is 0.466 e. The summed E-state index contributed by atoms with van der Waals surface area (Å²) in [7, 11) is 0. The van der Waals surface area contributed by atoms with Gasteiger partial charge in [-0.25, -0.2) is 0 Å². The van der Waals surface area contributed by atoms with Gasteiger partial charge in [0, 0.05) is 12.8 Å². The molecule has 1 amide bonds. The number of unbranched alkanes of at least 4 members (excludes halogenated alkanes) is 40. The Morgan fingerprint density at radius 1 is 0.406 bits per heavy atom. The summed E-state index contributed by atoms with van der Waals surface area (Å²) in [5, 5.41) is 23.4. The molecule has 69 heavy (non-hydrogen) atoms. The number of carbonyl (C=O) groups is 2. The van der Waals surface area contributed by atoms with E-state index < -0.39 is 12.1 Å². The van der Waals surface area contributed by atoms with Crippen molar-refractivity contribution in [2.24, 2.45) is 0 Å². The van der Waals surface area contributed by atoms with E-state index in [4.69, 9.17) is 4.74 Å². The van der Waals surface area contributed by atoms with E-state index in [2.05, 4.69) is 55.6 Å². The van der Waals surface area contributed by atoms with Crippen LogP contribution in [0.4, 0.5) is 0 Å². The zero-order chi connectivity index (χ0) is 50.0. The smallest absolute Gasteiger partial charge is 0.305 e. The molecule has 2 atom stereocenters. The highest BCUT2D eigenvalue weighted by atomic mass is 16.5. The van der Waals surface area contributed by atoms with Crippen LogP contribution < -0.4 is 5.32 Å². The molecule has 0 saturated heterocycles. The summed E-state index contributed by atoms with van der Waals surface area (Å²) in [5.74, 6) is -0.112. The van der Waals surface area contributed by atoms with Crippen LogP contribution in [-0.2, 0) is 14.3 Å². The Bertz CT molecular complexity index is 1120. The summed E-state index contributed by atoms with van der Waals surface area (Å²) < 4.78 is 5.45. The summed E-state index contributed by atoms with van der Waals surface area (Å²) >= 11 is 0. The van der Waals surface area contributed by atoms with Crippen molar-refractivity contribution in [3.63, 3.8) is 0 Å². The van der Waals surface area contributed by atoms with Crippen molar-refractivity contribution < 1.29 is 24.5 Å². The Morgan fingerprint density at radius 2 is 0.725 bits per heavy atom. The second-order valence-corrected chi connectivity index (χ2v) is 21.0. The lowest BCUT2D eigenvalue weighted by Gasteiger charge is -2.22. The van der Waals surface area contributed by atoms with E-state index in [1.807, 2.05) is 0 Å². The fourth-order valence-electron chi connectivity index (χ4n) is 9.43. The van der Waals surface area contributed by atoms with Gasteiger partial charge in [0.05, 0.1) is 25.4 Å². The molecule has 0 bridgehead atoms. The Balaban J connectivity index is 3.50. The normalized spacial score (nSPS) is 12.8. The second-order valence-electron chi connectivity index (χ2n) is 21.0. The minimum absolute atomic E-state index is 0.0433. The molecule has 0 rings (SSSR count). The summed E-state index contributed by atoms with van der Waals surface area (Å²) in [4.78, 5) is 24.6. The van der Waals surface area contributed by atoms with Gasteiger partial charge in [0.1, 0.15) is 0 Å². The number of hydrogen-bond donors (Lipinski definition) is 3. The molecule has 0 saturated carbocycles. The molecule has 6 nitrogen and oxygen atoms in total. The zero-order valence-electron chi connectivity index (χ0n) is 46.3. The van der Waals surface area contributed by atoms with E-state index in [1.165, 1.54) is 212 Å².